The van der Waals surface area contributed by atoms with E-state index < -0.39 is 31.9 Å². The summed E-state index contributed by atoms with van der Waals surface area (Å²) in [4.78, 5) is 12.2. The smallest absolute Gasteiger partial charge is 0.244 e. The fourth-order valence-corrected chi connectivity index (χ4v) is 6.39. The Hall–Kier alpha value is -2.14. The van der Waals surface area contributed by atoms with Gasteiger partial charge in [0.1, 0.15) is 10.6 Å². The quantitative estimate of drug-likeness (QED) is 0.614. The molecule has 3 rings (SSSR count). The first kappa shape index (κ1) is 23.5. The highest BCUT2D eigenvalue weighted by Crippen LogP contribution is 2.34. The summed E-state index contributed by atoms with van der Waals surface area (Å²) >= 11 is 5.86. The predicted octanol–water partition coefficient (Wildman–Crippen LogP) is 2.57. The van der Waals surface area contributed by atoms with Crippen molar-refractivity contribution in [1.29, 1.82) is 0 Å². The van der Waals surface area contributed by atoms with E-state index in [0.29, 0.717) is 15.7 Å². The molecule has 2 aromatic carbocycles. The highest BCUT2D eigenvalue weighted by Gasteiger charge is 2.42. The Bertz CT molecular complexity index is 1180. The molecule has 1 amide bonds. The number of hydrogen-bond donors (Lipinski definition) is 1. The number of nitrogens with one attached hydrogen (secondary N) is 1. The Kier molecular flexibility index (Phi) is 6.95. The summed E-state index contributed by atoms with van der Waals surface area (Å²) in [6.45, 7) is 3.54. The van der Waals surface area contributed by atoms with Gasteiger partial charge in [-0.3, -0.25) is 4.79 Å². The van der Waals surface area contributed by atoms with Crippen LogP contribution in [0.25, 0.3) is 0 Å². The Morgan fingerprint density at radius 2 is 1.87 bits per heavy atom. The number of ether oxygens (including phenoxy) is 1. The molecule has 0 saturated carbocycles. The largest absolute Gasteiger partial charge is 0.492 e. The van der Waals surface area contributed by atoms with Crippen molar-refractivity contribution in [2.24, 2.45) is 5.92 Å². The zero-order chi connectivity index (χ0) is 22.8. The van der Waals surface area contributed by atoms with E-state index >= 15 is 0 Å². The summed E-state index contributed by atoms with van der Waals surface area (Å²) in [5.41, 5.74) is 0.865. The minimum absolute atomic E-state index is 0.0316. The maximum Gasteiger partial charge on any atom is 0.244 e. The van der Waals surface area contributed by atoms with Crippen molar-refractivity contribution in [3.8, 4) is 5.75 Å². The van der Waals surface area contributed by atoms with Crippen molar-refractivity contribution in [3.05, 3.63) is 53.1 Å². The van der Waals surface area contributed by atoms with Crippen molar-refractivity contribution in [1.82, 2.24) is 4.72 Å². The Morgan fingerprint density at radius 1 is 1.19 bits per heavy atom. The van der Waals surface area contributed by atoms with Crippen LogP contribution < -0.4 is 13.8 Å². The Balaban J connectivity index is 1.89. The van der Waals surface area contributed by atoms with E-state index in [2.05, 4.69) is 4.72 Å². The summed E-state index contributed by atoms with van der Waals surface area (Å²) < 4.78 is 59.4. The van der Waals surface area contributed by atoms with Gasteiger partial charge in [-0.2, -0.15) is 0 Å². The Labute approximate surface area is 187 Å². The molecule has 1 N–H and O–H groups in total. The normalized spacial score (nSPS) is 18.4. The van der Waals surface area contributed by atoms with E-state index in [4.69, 9.17) is 16.3 Å². The van der Waals surface area contributed by atoms with Gasteiger partial charge >= 0.3 is 0 Å². The van der Waals surface area contributed by atoms with Crippen molar-refractivity contribution < 1.29 is 26.4 Å². The first-order valence-corrected chi connectivity index (χ1v) is 13.1. The first-order valence-electron chi connectivity index (χ1n) is 9.63. The number of rotatable bonds is 8. The fraction of sp³-hybridized carbons (Fsp3) is 0.350. The summed E-state index contributed by atoms with van der Waals surface area (Å²) in [6.07, 6.45) is 0.427. The lowest BCUT2D eigenvalue weighted by molar-refractivity contribution is -0.119. The Morgan fingerprint density at radius 3 is 2.45 bits per heavy atom. The van der Waals surface area contributed by atoms with Crippen LogP contribution in [0.3, 0.4) is 0 Å². The predicted molar refractivity (Wildman–Crippen MR) is 118 cm³/mol. The third-order valence-electron chi connectivity index (χ3n) is 4.73. The van der Waals surface area contributed by atoms with Crippen LogP contribution in [0.2, 0.25) is 5.02 Å². The molecule has 1 aliphatic rings. The third kappa shape index (κ3) is 5.20. The van der Waals surface area contributed by atoms with Gasteiger partial charge in [-0.15, -0.1) is 0 Å². The average Bonchev–Trinajstić information content (AvgIpc) is 2.90. The van der Waals surface area contributed by atoms with Crippen LogP contribution in [0, 0.1) is 5.92 Å². The lowest BCUT2D eigenvalue weighted by Gasteiger charge is -2.18. The minimum atomic E-state index is -4.05. The third-order valence-corrected chi connectivity index (χ3v) is 8.33. The van der Waals surface area contributed by atoms with Crippen LogP contribution in [0.4, 0.5) is 5.69 Å². The van der Waals surface area contributed by atoms with E-state index in [1.54, 1.807) is 31.2 Å². The van der Waals surface area contributed by atoms with Gasteiger partial charge in [0.25, 0.3) is 0 Å². The molecule has 2 aromatic rings. The monoisotopic (exact) mass is 486 g/mol. The van der Waals surface area contributed by atoms with Gasteiger partial charge in [-0.1, -0.05) is 30.7 Å². The summed E-state index contributed by atoms with van der Waals surface area (Å²) in [6, 6.07) is 10.9. The molecular formula is C20H23ClN2O6S2. The standard InChI is InChI=1S/C20H23ClN2O6S2/c1-3-29-18-9-8-17(23-20(24)14(2)13-30(23,25)26)12-19(18)31(27,28)22-11-10-15-4-6-16(21)7-5-15/h4-9,12,14,22H,3,10-11,13H2,1-2H3. The second kappa shape index (κ2) is 9.15. The van der Waals surface area contributed by atoms with Gasteiger partial charge in [-0.05, 0) is 49.2 Å². The first-order chi connectivity index (χ1) is 14.5. The molecule has 31 heavy (non-hydrogen) atoms. The SMILES string of the molecule is CCOc1ccc(N2C(=O)C(C)CS2(=O)=O)cc1S(=O)(=O)NCCc1ccc(Cl)cc1. The van der Waals surface area contributed by atoms with E-state index in [9.17, 15) is 21.6 Å². The van der Waals surface area contributed by atoms with Crippen molar-refractivity contribution in [2.45, 2.75) is 25.2 Å². The summed E-state index contributed by atoms with van der Waals surface area (Å²) in [5, 5.41) is 0.586. The second-order valence-corrected chi connectivity index (χ2v) is 11.2. The van der Waals surface area contributed by atoms with Gasteiger partial charge in [0.2, 0.25) is 26.0 Å². The molecule has 8 nitrogen and oxygen atoms in total. The molecule has 168 valence electrons. The molecular weight excluding hydrogens is 464 g/mol. The van der Waals surface area contributed by atoms with Crippen molar-refractivity contribution >= 4 is 43.2 Å². The molecule has 0 aromatic heterocycles. The minimum Gasteiger partial charge on any atom is -0.492 e. The number of anilines is 1. The van der Waals surface area contributed by atoms with Crippen molar-refractivity contribution in [3.63, 3.8) is 0 Å². The topological polar surface area (TPSA) is 110 Å². The van der Waals surface area contributed by atoms with E-state index in [1.165, 1.54) is 19.1 Å². The van der Waals surface area contributed by atoms with E-state index in [1.807, 2.05) is 0 Å². The molecule has 0 radical (unpaired) electrons. The van der Waals surface area contributed by atoms with Crippen LogP contribution in [0.1, 0.15) is 19.4 Å². The molecule has 11 heteroatoms. The maximum atomic E-state index is 13.0. The van der Waals surface area contributed by atoms with Crippen LogP contribution >= 0.6 is 11.6 Å². The number of hydrogen-bond acceptors (Lipinski definition) is 6. The molecule has 1 heterocycles. The van der Waals surface area contributed by atoms with Crippen molar-refractivity contribution in [2.75, 3.05) is 23.2 Å². The van der Waals surface area contributed by atoms with E-state index in [-0.39, 0.29) is 35.2 Å². The number of carbonyl (C=O) groups excluding carboxylic acids is 1. The van der Waals surface area contributed by atoms with Gasteiger partial charge in [0.15, 0.2) is 0 Å². The molecule has 0 aliphatic carbocycles. The molecule has 0 bridgehead atoms. The zero-order valence-electron chi connectivity index (χ0n) is 17.0. The zero-order valence-corrected chi connectivity index (χ0v) is 19.4. The molecule has 1 fully saturated rings. The van der Waals surface area contributed by atoms with Crippen LogP contribution in [0.15, 0.2) is 47.4 Å². The van der Waals surface area contributed by atoms with Crippen LogP contribution in [-0.2, 0) is 31.3 Å². The number of amides is 1. The average molecular weight is 487 g/mol. The molecule has 1 unspecified atom stereocenters. The second-order valence-electron chi connectivity index (χ2n) is 7.12. The summed E-state index contributed by atoms with van der Waals surface area (Å²) in [5.74, 6) is -1.54. The molecule has 1 atom stereocenters. The lowest BCUT2D eigenvalue weighted by atomic mass is 10.2. The molecule has 1 saturated heterocycles. The molecule has 0 spiro atoms. The fourth-order valence-electron chi connectivity index (χ4n) is 3.25. The number of sulfonamides is 2. The summed E-state index contributed by atoms with van der Waals surface area (Å²) in [7, 11) is -7.91. The number of carbonyl (C=O) groups is 1. The number of benzene rings is 2. The highest BCUT2D eigenvalue weighted by atomic mass is 35.5. The maximum absolute atomic E-state index is 13.0. The van der Waals surface area contributed by atoms with Gasteiger partial charge < -0.3 is 4.74 Å². The lowest BCUT2D eigenvalue weighted by Crippen LogP contribution is -2.31. The van der Waals surface area contributed by atoms with E-state index in [0.717, 1.165) is 11.6 Å². The van der Waals surface area contributed by atoms with Crippen LogP contribution in [0.5, 0.6) is 5.75 Å². The van der Waals surface area contributed by atoms with Gasteiger partial charge in [0.05, 0.1) is 24.0 Å². The number of halogens is 1. The highest BCUT2D eigenvalue weighted by molar-refractivity contribution is 7.94. The molecule has 1 aliphatic heterocycles. The van der Waals surface area contributed by atoms with Gasteiger partial charge in [0, 0.05) is 11.6 Å². The van der Waals surface area contributed by atoms with Crippen LogP contribution in [-0.4, -0.2) is 41.6 Å². The van der Waals surface area contributed by atoms with Gasteiger partial charge in [-0.25, -0.2) is 25.9 Å². The number of nitrogens with zero attached hydrogens (tertiary/aromatic N) is 1.